The van der Waals surface area contributed by atoms with Gasteiger partial charge in [-0.1, -0.05) is 41.4 Å². The first-order valence-electron chi connectivity index (χ1n) is 7.55. The molecule has 0 fully saturated rings. The highest BCUT2D eigenvalue weighted by Gasteiger charge is 2.13. The smallest absolute Gasteiger partial charge is 0.136 e. The van der Waals surface area contributed by atoms with E-state index in [0.29, 0.717) is 28.0 Å². The number of anilines is 1. The summed E-state index contributed by atoms with van der Waals surface area (Å²) in [6.07, 6.45) is 1.59. The van der Waals surface area contributed by atoms with E-state index in [4.69, 9.17) is 23.2 Å². The van der Waals surface area contributed by atoms with Crippen molar-refractivity contribution < 1.29 is 4.39 Å². The van der Waals surface area contributed by atoms with E-state index in [9.17, 15) is 4.39 Å². The highest BCUT2D eigenvalue weighted by molar-refractivity contribution is 6.32. The summed E-state index contributed by atoms with van der Waals surface area (Å²) < 4.78 is 14.6. The quantitative estimate of drug-likeness (QED) is 0.495. The average Bonchev–Trinajstić information content (AvgIpc) is 2.86. The molecule has 1 N–H and O–H groups in total. The van der Waals surface area contributed by atoms with Crippen molar-refractivity contribution in [3.63, 3.8) is 0 Å². The highest BCUT2D eigenvalue weighted by Crippen LogP contribution is 2.22. The van der Waals surface area contributed by atoms with E-state index >= 15 is 0 Å². The first kappa shape index (κ1) is 17.5. The molecule has 0 saturated carbocycles. The fourth-order valence-corrected chi connectivity index (χ4v) is 2.78. The van der Waals surface area contributed by atoms with Crippen molar-refractivity contribution in [2.75, 3.05) is 5.43 Å². The summed E-state index contributed by atoms with van der Waals surface area (Å²) >= 11 is 12.6. The molecule has 2 aromatic carbocycles. The standard InChI is InChI=1S/C18H15Cl2FN4/c1-12-16(10-22-23-15-8-6-14(21)7-9-15)18(20)25(24-12)11-13-4-2-3-5-17(13)19/h2-10,23H,11H2,1H3/b22-10-. The topological polar surface area (TPSA) is 42.2 Å². The van der Waals surface area contributed by atoms with Gasteiger partial charge in [-0.3, -0.25) is 5.43 Å². The zero-order valence-electron chi connectivity index (χ0n) is 13.4. The van der Waals surface area contributed by atoms with Crippen LogP contribution in [0.15, 0.2) is 53.6 Å². The number of hydrogen-bond donors (Lipinski definition) is 1. The lowest BCUT2D eigenvalue weighted by Crippen LogP contribution is -2.02. The number of benzene rings is 2. The number of rotatable bonds is 5. The molecule has 4 nitrogen and oxygen atoms in total. The van der Waals surface area contributed by atoms with E-state index in [2.05, 4.69) is 15.6 Å². The molecule has 0 saturated heterocycles. The maximum absolute atomic E-state index is 12.9. The lowest BCUT2D eigenvalue weighted by molar-refractivity contribution is 0.628. The normalized spacial score (nSPS) is 11.2. The number of aryl methyl sites for hydroxylation is 1. The Morgan fingerprint density at radius 1 is 1.16 bits per heavy atom. The molecule has 0 unspecified atom stereocenters. The van der Waals surface area contributed by atoms with Gasteiger partial charge in [0, 0.05) is 5.02 Å². The lowest BCUT2D eigenvalue weighted by Gasteiger charge is -2.05. The second-order valence-electron chi connectivity index (χ2n) is 5.42. The Labute approximate surface area is 154 Å². The van der Waals surface area contributed by atoms with Crippen molar-refractivity contribution in [2.45, 2.75) is 13.5 Å². The molecule has 0 amide bonds. The summed E-state index contributed by atoms with van der Waals surface area (Å²) in [6.45, 7) is 2.33. The molecule has 0 atom stereocenters. The largest absolute Gasteiger partial charge is 0.278 e. The predicted molar refractivity (Wildman–Crippen MR) is 100 cm³/mol. The zero-order chi connectivity index (χ0) is 17.8. The molecular formula is C18H15Cl2FN4. The predicted octanol–water partition coefficient (Wildman–Crippen LogP) is 5.13. The van der Waals surface area contributed by atoms with E-state index in [-0.39, 0.29) is 5.82 Å². The Morgan fingerprint density at radius 3 is 2.60 bits per heavy atom. The minimum absolute atomic E-state index is 0.297. The van der Waals surface area contributed by atoms with Crippen LogP contribution in [0.3, 0.4) is 0 Å². The van der Waals surface area contributed by atoms with Crippen molar-refractivity contribution in [1.82, 2.24) is 9.78 Å². The molecule has 0 aliphatic heterocycles. The van der Waals surface area contributed by atoms with Gasteiger partial charge in [-0.25, -0.2) is 9.07 Å². The van der Waals surface area contributed by atoms with Crippen molar-refractivity contribution in [3.05, 3.63) is 81.3 Å². The van der Waals surface area contributed by atoms with Gasteiger partial charge in [-0.15, -0.1) is 0 Å². The molecule has 1 heterocycles. The van der Waals surface area contributed by atoms with E-state index in [1.165, 1.54) is 12.1 Å². The number of halogens is 3. The van der Waals surface area contributed by atoms with Crippen molar-refractivity contribution in [2.24, 2.45) is 5.10 Å². The van der Waals surface area contributed by atoms with Crippen LogP contribution in [-0.2, 0) is 6.54 Å². The minimum atomic E-state index is -0.297. The molecule has 128 valence electrons. The third kappa shape index (κ3) is 4.18. The summed E-state index contributed by atoms with van der Waals surface area (Å²) in [4.78, 5) is 0. The van der Waals surface area contributed by atoms with Crippen LogP contribution in [0.1, 0.15) is 16.8 Å². The molecule has 0 aliphatic rings. The van der Waals surface area contributed by atoms with Crippen LogP contribution < -0.4 is 5.43 Å². The summed E-state index contributed by atoms with van der Waals surface area (Å²) in [5.41, 5.74) is 5.90. The Hall–Kier alpha value is -2.37. The van der Waals surface area contributed by atoms with E-state index in [1.807, 2.05) is 31.2 Å². The average molecular weight is 377 g/mol. The highest BCUT2D eigenvalue weighted by atomic mass is 35.5. The fourth-order valence-electron chi connectivity index (χ4n) is 2.30. The first-order valence-corrected chi connectivity index (χ1v) is 8.31. The summed E-state index contributed by atoms with van der Waals surface area (Å²) in [6, 6.07) is 13.5. The summed E-state index contributed by atoms with van der Waals surface area (Å²) in [7, 11) is 0. The van der Waals surface area contributed by atoms with Gasteiger partial charge < -0.3 is 0 Å². The van der Waals surface area contributed by atoms with Crippen LogP contribution in [0.2, 0.25) is 10.2 Å². The third-order valence-electron chi connectivity index (χ3n) is 3.62. The van der Waals surface area contributed by atoms with Crippen LogP contribution in [-0.4, -0.2) is 16.0 Å². The van der Waals surface area contributed by atoms with Gasteiger partial charge in [0.2, 0.25) is 0 Å². The van der Waals surface area contributed by atoms with Crippen LogP contribution in [0.5, 0.6) is 0 Å². The van der Waals surface area contributed by atoms with Gasteiger partial charge >= 0.3 is 0 Å². The molecule has 3 rings (SSSR count). The number of nitrogens with zero attached hydrogens (tertiary/aromatic N) is 3. The third-order valence-corrected chi connectivity index (χ3v) is 4.39. The molecule has 0 bridgehead atoms. The van der Waals surface area contributed by atoms with Crippen LogP contribution in [0.25, 0.3) is 0 Å². The Balaban J connectivity index is 1.76. The Morgan fingerprint density at radius 2 is 1.88 bits per heavy atom. The number of aromatic nitrogens is 2. The SMILES string of the molecule is Cc1nn(Cc2ccccc2Cl)c(Cl)c1/C=N\Nc1ccc(F)cc1. The van der Waals surface area contributed by atoms with Crippen molar-refractivity contribution in [3.8, 4) is 0 Å². The maximum atomic E-state index is 12.9. The second kappa shape index (κ2) is 7.68. The van der Waals surface area contributed by atoms with Crippen molar-refractivity contribution in [1.29, 1.82) is 0 Å². The molecule has 1 aromatic heterocycles. The van der Waals surface area contributed by atoms with Gasteiger partial charge in [0.25, 0.3) is 0 Å². The van der Waals surface area contributed by atoms with E-state index in [1.54, 1.807) is 23.0 Å². The van der Waals surface area contributed by atoms with E-state index in [0.717, 1.165) is 11.3 Å². The molecule has 25 heavy (non-hydrogen) atoms. The second-order valence-corrected chi connectivity index (χ2v) is 6.18. The molecule has 0 spiro atoms. The zero-order valence-corrected chi connectivity index (χ0v) is 14.9. The number of nitrogens with one attached hydrogen (secondary N) is 1. The summed E-state index contributed by atoms with van der Waals surface area (Å²) in [5.74, 6) is -0.297. The summed E-state index contributed by atoms with van der Waals surface area (Å²) in [5, 5.41) is 9.72. The number of hydrazone groups is 1. The van der Waals surface area contributed by atoms with Gasteiger partial charge in [0.1, 0.15) is 11.0 Å². The molecular weight excluding hydrogens is 362 g/mol. The molecule has 0 radical (unpaired) electrons. The van der Waals surface area contributed by atoms with Gasteiger partial charge in [0.05, 0.1) is 29.7 Å². The lowest BCUT2D eigenvalue weighted by atomic mass is 10.2. The van der Waals surface area contributed by atoms with Crippen LogP contribution in [0, 0.1) is 12.7 Å². The van der Waals surface area contributed by atoms with E-state index < -0.39 is 0 Å². The maximum Gasteiger partial charge on any atom is 0.136 e. The van der Waals surface area contributed by atoms with Crippen molar-refractivity contribution >= 4 is 35.1 Å². The van der Waals surface area contributed by atoms with Gasteiger partial charge in [-0.2, -0.15) is 10.2 Å². The number of hydrogen-bond acceptors (Lipinski definition) is 3. The first-order chi connectivity index (χ1) is 12.0. The molecule has 0 aliphatic carbocycles. The Bertz CT molecular complexity index is 904. The van der Waals surface area contributed by atoms with Gasteiger partial charge in [-0.05, 0) is 42.8 Å². The van der Waals surface area contributed by atoms with Crippen LogP contribution in [0.4, 0.5) is 10.1 Å². The van der Waals surface area contributed by atoms with Gasteiger partial charge in [0.15, 0.2) is 0 Å². The minimum Gasteiger partial charge on any atom is -0.278 e. The molecule has 3 aromatic rings. The fraction of sp³-hybridized carbons (Fsp3) is 0.111. The van der Waals surface area contributed by atoms with Crippen LogP contribution >= 0.6 is 23.2 Å². The monoisotopic (exact) mass is 376 g/mol. The Kier molecular flexibility index (Phi) is 5.36. The molecule has 7 heteroatoms.